The van der Waals surface area contributed by atoms with Crippen molar-refractivity contribution in [2.75, 3.05) is 4.90 Å². The third kappa shape index (κ3) is 6.33. The van der Waals surface area contributed by atoms with E-state index >= 15 is 0 Å². The zero-order valence-corrected chi connectivity index (χ0v) is 35.4. The molecule has 9 aromatic carbocycles. The highest BCUT2D eigenvalue weighted by atomic mass is 32.2. The average Bonchev–Trinajstić information content (AvgIpc) is 3.76. The number of fused-ring (bicyclic) bond motifs is 7. The summed E-state index contributed by atoms with van der Waals surface area (Å²) in [6.07, 6.45) is 0. The molecular formula is C57H34N6OS. The molecule has 0 atom stereocenters. The van der Waals surface area contributed by atoms with Gasteiger partial charge in [-0.2, -0.15) is 0 Å². The molecule has 8 heteroatoms. The van der Waals surface area contributed by atoms with Gasteiger partial charge < -0.3 is 4.42 Å². The summed E-state index contributed by atoms with van der Waals surface area (Å²) in [5.74, 6) is 2.43. The fourth-order valence-corrected chi connectivity index (χ4v) is 10.2. The number of nitrogens with zero attached hydrogens (tertiary/aromatic N) is 6. The Hall–Kier alpha value is -8.46. The Labute approximate surface area is 377 Å². The molecule has 0 radical (unpaired) electrons. The Kier molecular flexibility index (Phi) is 8.63. The molecule has 13 rings (SSSR count). The summed E-state index contributed by atoms with van der Waals surface area (Å²) < 4.78 is 6.53. The van der Waals surface area contributed by atoms with Crippen LogP contribution in [0.1, 0.15) is 0 Å². The first-order valence-electron chi connectivity index (χ1n) is 21.5. The van der Waals surface area contributed by atoms with Crippen molar-refractivity contribution in [3.63, 3.8) is 0 Å². The summed E-state index contributed by atoms with van der Waals surface area (Å²) in [5, 5.41) is 5.28. The minimum atomic E-state index is 0.583. The van der Waals surface area contributed by atoms with E-state index in [0.29, 0.717) is 23.4 Å². The molecule has 65 heavy (non-hydrogen) atoms. The molecule has 0 unspecified atom stereocenters. The lowest BCUT2D eigenvalue weighted by Gasteiger charge is -2.32. The van der Waals surface area contributed by atoms with Crippen LogP contribution in [0.3, 0.4) is 0 Å². The van der Waals surface area contributed by atoms with Crippen molar-refractivity contribution in [2.24, 2.45) is 0 Å². The van der Waals surface area contributed by atoms with E-state index in [2.05, 4.69) is 132 Å². The van der Waals surface area contributed by atoms with Crippen molar-refractivity contribution in [1.29, 1.82) is 0 Å². The van der Waals surface area contributed by atoms with Crippen molar-refractivity contribution in [2.45, 2.75) is 9.79 Å². The van der Waals surface area contributed by atoms with E-state index in [9.17, 15) is 0 Å². The number of rotatable bonds is 6. The maximum atomic E-state index is 6.53. The van der Waals surface area contributed by atoms with Crippen molar-refractivity contribution in [1.82, 2.24) is 24.9 Å². The maximum Gasteiger partial charge on any atom is 0.235 e. The summed E-state index contributed by atoms with van der Waals surface area (Å²) >= 11 is 1.76. The summed E-state index contributed by atoms with van der Waals surface area (Å²) in [5.41, 5.74) is 11.4. The number of benzene rings is 9. The van der Waals surface area contributed by atoms with E-state index in [1.54, 1.807) is 11.8 Å². The second kappa shape index (κ2) is 15.1. The van der Waals surface area contributed by atoms with E-state index in [1.807, 2.05) is 78.9 Å². The lowest BCUT2D eigenvalue weighted by molar-refractivity contribution is 0.669. The molecule has 1 aliphatic heterocycles. The largest absolute Gasteiger partial charge is 0.456 e. The van der Waals surface area contributed by atoms with Crippen molar-refractivity contribution in [3.05, 3.63) is 206 Å². The number of hydrogen-bond acceptors (Lipinski definition) is 8. The van der Waals surface area contributed by atoms with Crippen LogP contribution in [0.5, 0.6) is 0 Å². The maximum absolute atomic E-state index is 6.53. The molecule has 304 valence electrons. The Morgan fingerprint density at radius 3 is 1.85 bits per heavy atom. The minimum absolute atomic E-state index is 0.583. The summed E-state index contributed by atoms with van der Waals surface area (Å²) in [4.78, 5) is 30.3. The Balaban J connectivity index is 0.949. The summed E-state index contributed by atoms with van der Waals surface area (Å²) in [6, 6.07) is 71.1. The zero-order valence-electron chi connectivity index (χ0n) is 34.6. The van der Waals surface area contributed by atoms with Gasteiger partial charge in [0.25, 0.3) is 0 Å². The van der Waals surface area contributed by atoms with Gasteiger partial charge in [0.05, 0.1) is 22.6 Å². The molecule has 0 amide bonds. The molecular weight excluding hydrogens is 817 g/mol. The predicted molar refractivity (Wildman–Crippen MR) is 264 cm³/mol. The molecule has 3 aromatic heterocycles. The number of para-hydroxylation sites is 2. The third-order valence-electron chi connectivity index (χ3n) is 12.1. The van der Waals surface area contributed by atoms with Crippen LogP contribution in [0, 0.1) is 0 Å². The molecule has 0 aliphatic carbocycles. The topological polar surface area (TPSA) is 80.8 Å². The lowest BCUT2D eigenvalue weighted by atomic mass is 9.99. The SMILES string of the molecule is c1ccc(-c2nc(-c3ccccc3)nc(-c3cccc4oc5ccc(-c6ccc7c(c6)Sc6ccccc6N7c6nc(-c7cccc8ccccc78)c7ccccc7n6)cc5c34)n2)cc1. The van der Waals surface area contributed by atoms with E-state index in [0.717, 1.165) is 98.5 Å². The Bertz CT molecular complexity index is 3770. The van der Waals surface area contributed by atoms with Crippen LogP contribution >= 0.6 is 11.8 Å². The monoisotopic (exact) mass is 850 g/mol. The average molecular weight is 851 g/mol. The van der Waals surface area contributed by atoms with Gasteiger partial charge >= 0.3 is 0 Å². The van der Waals surface area contributed by atoms with E-state index in [-0.39, 0.29) is 0 Å². The van der Waals surface area contributed by atoms with E-state index in [1.165, 1.54) is 5.39 Å². The van der Waals surface area contributed by atoms with Gasteiger partial charge in [0.2, 0.25) is 5.95 Å². The van der Waals surface area contributed by atoms with Gasteiger partial charge in [0.15, 0.2) is 17.5 Å². The summed E-state index contributed by atoms with van der Waals surface area (Å²) in [6.45, 7) is 0. The molecule has 0 saturated carbocycles. The Morgan fingerprint density at radius 1 is 0.385 bits per heavy atom. The van der Waals surface area contributed by atoms with Crippen molar-refractivity contribution in [3.8, 4) is 56.5 Å². The molecule has 0 bridgehead atoms. The van der Waals surface area contributed by atoms with Crippen LogP contribution in [0.15, 0.2) is 220 Å². The van der Waals surface area contributed by atoms with Crippen LogP contribution in [-0.4, -0.2) is 24.9 Å². The van der Waals surface area contributed by atoms with Gasteiger partial charge in [-0.25, -0.2) is 24.9 Å². The first-order valence-corrected chi connectivity index (χ1v) is 22.3. The Morgan fingerprint density at radius 2 is 1.02 bits per heavy atom. The quantitative estimate of drug-likeness (QED) is 0.164. The number of aromatic nitrogens is 5. The van der Waals surface area contributed by atoms with Crippen LogP contribution in [0.4, 0.5) is 17.3 Å². The third-order valence-corrected chi connectivity index (χ3v) is 13.2. The second-order valence-corrected chi connectivity index (χ2v) is 17.1. The molecule has 0 N–H and O–H groups in total. The fourth-order valence-electron chi connectivity index (χ4n) is 9.08. The van der Waals surface area contributed by atoms with Gasteiger partial charge in [-0.05, 0) is 70.4 Å². The highest BCUT2D eigenvalue weighted by Gasteiger charge is 2.28. The zero-order chi connectivity index (χ0) is 42.8. The molecule has 12 aromatic rings. The molecule has 7 nitrogen and oxygen atoms in total. The fraction of sp³-hybridized carbons (Fsp3) is 0. The van der Waals surface area contributed by atoms with E-state index in [4.69, 9.17) is 29.3 Å². The van der Waals surface area contributed by atoms with Crippen LogP contribution in [-0.2, 0) is 0 Å². The molecule has 0 saturated heterocycles. The predicted octanol–water partition coefficient (Wildman–Crippen LogP) is 15.1. The highest BCUT2D eigenvalue weighted by Crippen LogP contribution is 2.52. The first kappa shape index (κ1) is 37.1. The van der Waals surface area contributed by atoms with Gasteiger partial charge in [-0.3, -0.25) is 4.90 Å². The van der Waals surface area contributed by atoms with Gasteiger partial charge in [0.1, 0.15) is 11.2 Å². The van der Waals surface area contributed by atoms with Crippen molar-refractivity contribution >= 4 is 72.7 Å². The summed E-state index contributed by atoms with van der Waals surface area (Å²) in [7, 11) is 0. The smallest absolute Gasteiger partial charge is 0.235 e. The van der Waals surface area contributed by atoms with Crippen molar-refractivity contribution < 1.29 is 4.42 Å². The van der Waals surface area contributed by atoms with Crippen LogP contribution in [0.25, 0.3) is 100 Å². The van der Waals surface area contributed by atoms with Gasteiger partial charge in [-0.1, -0.05) is 169 Å². The number of furan rings is 1. The van der Waals surface area contributed by atoms with Gasteiger partial charge in [0, 0.05) is 48.2 Å². The van der Waals surface area contributed by atoms with E-state index < -0.39 is 0 Å². The molecule has 0 fully saturated rings. The molecule has 0 spiro atoms. The van der Waals surface area contributed by atoms with Crippen LogP contribution < -0.4 is 4.90 Å². The number of hydrogen-bond donors (Lipinski definition) is 0. The minimum Gasteiger partial charge on any atom is -0.456 e. The van der Waals surface area contributed by atoms with Gasteiger partial charge in [-0.15, -0.1) is 0 Å². The number of anilines is 3. The van der Waals surface area contributed by atoms with Crippen LogP contribution in [0.2, 0.25) is 0 Å². The highest BCUT2D eigenvalue weighted by molar-refractivity contribution is 7.99. The molecule has 4 heterocycles. The second-order valence-electron chi connectivity index (χ2n) is 16.0. The lowest BCUT2D eigenvalue weighted by Crippen LogP contribution is -2.18. The molecule has 1 aliphatic rings. The standard InChI is InChI=1S/C57H34N6OS/c1-3-16-36(17-4-1)54-60-55(37-18-5-2-6-19-37)62-56(61-54)43-24-14-27-49-52(43)44-33-38(30-32-48(44)64-49)39-29-31-47-51(34-39)65-50-28-12-11-26-46(50)63(47)57-58-45-25-10-9-22-42(45)53(59-57)41-23-13-20-35-15-7-8-21-40(35)41/h1-34H. The normalized spacial score (nSPS) is 12.2. The first-order chi connectivity index (χ1) is 32.2.